The monoisotopic (exact) mass is 432 g/mol. The van der Waals surface area contributed by atoms with Crippen molar-refractivity contribution in [1.29, 1.82) is 0 Å². The summed E-state index contributed by atoms with van der Waals surface area (Å²) in [7, 11) is 3.95. The van der Waals surface area contributed by atoms with E-state index in [1.807, 2.05) is 44.4 Å². The van der Waals surface area contributed by atoms with Gasteiger partial charge in [0.25, 0.3) is 5.91 Å². The Morgan fingerprint density at radius 1 is 1.20 bits per heavy atom. The van der Waals surface area contributed by atoms with Crippen LogP contribution in [0.3, 0.4) is 0 Å². The molecule has 1 aromatic heterocycles. The number of esters is 1. The second kappa shape index (κ2) is 10.9. The number of amides is 2. The molecule has 2 rings (SSSR count). The number of ether oxygens (including phenoxy) is 1. The molecule has 0 aliphatic carbocycles. The smallest absolute Gasteiger partial charge is 0.341 e. The Morgan fingerprint density at radius 2 is 1.87 bits per heavy atom. The first-order valence-corrected chi connectivity index (χ1v) is 10.4. The number of hydrogen-bond donors (Lipinski definition) is 3. The number of nitrogens with one attached hydrogen (secondary N) is 2. The summed E-state index contributed by atoms with van der Waals surface area (Å²) >= 11 is 0.975. The van der Waals surface area contributed by atoms with Crippen molar-refractivity contribution in [3.05, 3.63) is 51.9 Å². The maximum Gasteiger partial charge on any atom is 0.341 e. The summed E-state index contributed by atoms with van der Waals surface area (Å²) < 4.78 is 5.06. The first kappa shape index (κ1) is 23.5. The van der Waals surface area contributed by atoms with E-state index in [2.05, 4.69) is 15.5 Å². The zero-order valence-corrected chi connectivity index (χ0v) is 18.5. The van der Waals surface area contributed by atoms with Crippen LogP contribution in [-0.4, -0.2) is 56.5 Å². The molecule has 0 saturated carbocycles. The summed E-state index contributed by atoms with van der Waals surface area (Å²) in [5.41, 5.74) is 7.10. The quantitative estimate of drug-likeness (QED) is 0.496. The Labute approximate surface area is 180 Å². The number of rotatable bonds is 10. The summed E-state index contributed by atoms with van der Waals surface area (Å²) in [6.07, 6.45) is 0. The van der Waals surface area contributed by atoms with Crippen LogP contribution in [0, 0.1) is 6.92 Å². The van der Waals surface area contributed by atoms with E-state index in [0.717, 1.165) is 16.9 Å². The predicted octanol–water partition coefficient (Wildman–Crippen LogP) is 2.16. The number of likely N-dealkylation sites (N-methyl/N-ethyl adjacent to an activating group) is 1. The minimum atomic E-state index is -0.654. The molecule has 0 bridgehead atoms. The molecule has 0 saturated heterocycles. The van der Waals surface area contributed by atoms with Crippen molar-refractivity contribution in [1.82, 2.24) is 10.2 Å². The molecule has 0 radical (unpaired) electrons. The second-order valence-electron chi connectivity index (χ2n) is 6.91. The first-order valence-electron chi connectivity index (χ1n) is 9.58. The van der Waals surface area contributed by atoms with Crippen LogP contribution in [0.25, 0.3) is 0 Å². The summed E-state index contributed by atoms with van der Waals surface area (Å²) in [6, 6.07) is 10.1. The van der Waals surface area contributed by atoms with E-state index in [4.69, 9.17) is 10.5 Å². The third-order valence-electron chi connectivity index (χ3n) is 4.53. The number of nitrogens with two attached hydrogens (primary N) is 1. The molecule has 1 heterocycles. The molecule has 4 N–H and O–H groups in total. The topological polar surface area (TPSA) is 114 Å². The number of carbonyl (C=O) groups is 3. The van der Waals surface area contributed by atoms with Gasteiger partial charge in [-0.3, -0.25) is 9.59 Å². The molecule has 30 heavy (non-hydrogen) atoms. The second-order valence-corrected chi connectivity index (χ2v) is 7.93. The van der Waals surface area contributed by atoms with E-state index in [0.29, 0.717) is 12.1 Å². The van der Waals surface area contributed by atoms with Gasteiger partial charge in [0.1, 0.15) is 5.00 Å². The van der Waals surface area contributed by atoms with Crippen LogP contribution in [0.4, 0.5) is 5.00 Å². The molecule has 8 nitrogen and oxygen atoms in total. The number of nitrogens with zero attached hydrogens (tertiary/aromatic N) is 1. The largest absolute Gasteiger partial charge is 0.462 e. The summed E-state index contributed by atoms with van der Waals surface area (Å²) in [4.78, 5) is 38.7. The van der Waals surface area contributed by atoms with Crippen LogP contribution in [0.1, 0.15) is 44.1 Å². The lowest BCUT2D eigenvalue weighted by atomic mass is 10.1. The first-order chi connectivity index (χ1) is 14.3. The average Bonchev–Trinajstić information content (AvgIpc) is 3.02. The van der Waals surface area contributed by atoms with E-state index in [9.17, 15) is 14.4 Å². The van der Waals surface area contributed by atoms with E-state index in [-0.39, 0.29) is 40.5 Å². The zero-order valence-electron chi connectivity index (χ0n) is 17.7. The molecule has 162 valence electrons. The van der Waals surface area contributed by atoms with Gasteiger partial charge < -0.3 is 26.0 Å². The Hall–Kier alpha value is -2.75. The Morgan fingerprint density at radius 3 is 2.43 bits per heavy atom. The van der Waals surface area contributed by atoms with Gasteiger partial charge in [-0.2, -0.15) is 0 Å². The molecular formula is C21H28N4O4S. The van der Waals surface area contributed by atoms with Crippen molar-refractivity contribution in [2.45, 2.75) is 19.9 Å². The van der Waals surface area contributed by atoms with Crippen LogP contribution >= 0.6 is 11.3 Å². The van der Waals surface area contributed by atoms with Crippen LogP contribution in [0.5, 0.6) is 0 Å². The van der Waals surface area contributed by atoms with Gasteiger partial charge in [0.05, 0.1) is 23.6 Å². The fourth-order valence-electron chi connectivity index (χ4n) is 3.05. The number of primary amides is 1. The highest BCUT2D eigenvalue weighted by molar-refractivity contribution is 7.18. The Kier molecular flexibility index (Phi) is 8.52. The van der Waals surface area contributed by atoms with Gasteiger partial charge in [-0.1, -0.05) is 30.3 Å². The van der Waals surface area contributed by atoms with Gasteiger partial charge in [-0.25, -0.2) is 4.79 Å². The molecule has 0 spiro atoms. The van der Waals surface area contributed by atoms with Crippen molar-refractivity contribution in [2.75, 3.05) is 39.1 Å². The Bertz CT molecular complexity index is 896. The highest BCUT2D eigenvalue weighted by atomic mass is 32.1. The molecule has 0 aliphatic rings. The SMILES string of the molecule is CCOC(=O)c1c(NC(=O)CNC[C@@H](c2ccccc2)N(C)C)sc(C(N)=O)c1C. The summed E-state index contributed by atoms with van der Waals surface area (Å²) in [6.45, 7) is 4.08. The third-order valence-corrected chi connectivity index (χ3v) is 5.76. The summed E-state index contributed by atoms with van der Waals surface area (Å²) in [5.74, 6) is -1.58. The molecule has 2 amide bonds. The lowest BCUT2D eigenvalue weighted by Crippen LogP contribution is -2.35. The van der Waals surface area contributed by atoms with Crippen LogP contribution in [0.15, 0.2) is 30.3 Å². The zero-order chi connectivity index (χ0) is 22.3. The normalized spacial score (nSPS) is 11.9. The predicted molar refractivity (Wildman–Crippen MR) is 118 cm³/mol. The van der Waals surface area contributed by atoms with Crippen molar-refractivity contribution in [3.8, 4) is 0 Å². The van der Waals surface area contributed by atoms with Gasteiger partial charge in [0, 0.05) is 12.6 Å². The third kappa shape index (κ3) is 5.88. The van der Waals surface area contributed by atoms with E-state index in [1.165, 1.54) is 0 Å². The van der Waals surface area contributed by atoms with Crippen molar-refractivity contribution in [2.24, 2.45) is 5.73 Å². The molecule has 1 aromatic carbocycles. The van der Waals surface area contributed by atoms with Crippen molar-refractivity contribution < 1.29 is 19.1 Å². The van der Waals surface area contributed by atoms with E-state index < -0.39 is 11.9 Å². The minimum Gasteiger partial charge on any atom is -0.462 e. The maximum absolute atomic E-state index is 12.5. The fraction of sp³-hybridized carbons (Fsp3) is 0.381. The molecule has 0 unspecified atom stereocenters. The Balaban J connectivity index is 2.06. The van der Waals surface area contributed by atoms with Crippen LogP contribution in [0.2, 0.25) is 0 Å². The van der Waals surface area contributed by atoms with Crippen LogP contribution < -0.4 is 16.4 Å². The van der Waals surface area contributed by atoms with Crippen molar-refractivity contribution >= 4 is 34.1 Å². The number of thiophene rings is 1. The van der Waals surface area contributed by atoms with Gasteiger partial charge in [0.2, 0.25) is 5.91 Å². The number of anilines is 1. The highest BCUT2D eigenvalue weighted by Crippen LogP contribution is 2.33. The lowest BCUT2D eigenvalue weighted by Gasteiger charge is -2.25. The molecule has 1 atom stereocenters. The number of hydrogen-bond acceptors (Lipinski definition) is 7. The molecule has 9 heteroatoms. The van der Waals surface area contributed by atoms with Crippen LogP contribution in [-0.2, 0) is 9.53 Å². The van der Waals surface area contributed by atoms with Gasteiger partial charge in [-0.15, -0.1) is 11.3 Å². The van der Waals surface area contributed by atoms with Gasteiger partial charge in [0.15, 0.2) is 0 Å². The minimum absolute atomic E-state index is 0.0439. The lowest BCUT2D eigenvalue weighted by molar-refractivity contribution is -0.115. The van der Waals surface area contributed by atoms with E-state index in [1.54, 1.807) is 13.8 Å². The van der Waals surface area contributed by atoms with Crippen molar-refractivity contribution in [3.63, 3.8) is 0 Å². The van der Waals surface area contributed by atoms with E-state index >= 15 is 0 Å². The molecular weight excluding hydrogens is 404 g/mol. The standard InChI is InChI=1S/C21H28N4O4S/c1-5-29-21(28)17-13(2)18(19(22)27)30-20(17)24-16(26)12-23-11-15(25(3)4)14-9-7-6-8-10-14/h6-10,15,23H,5,11-12H2,1-4H3,(H2,22,27)(H,24,26)/t15-/m0/s1. The highest BCUT2D eigenvalue weighted by Gasteiger charge is 2.25. The molecule has 0 fully saturated rings. The van der Waals surface area contributed by atoms with Gasteiger partial charge >= 0.3 is 5.97 Å². The number of benzene rings is 1. The maximum atomic E-state index is 12.5. The molecule has 0 aliphatic heterocycles. The summed E-state index contributed by atoms with van der Waals surface area (Å²) in [5, 5.41) is 6.11. The van der Waals surface area contributed by atoms with Gasteiger partial charge in [-0.05, 0) is 39.1 Å². The fourth-order valence-corrected chi connectivity index (χ4v) is 4.12. The molecule has 2 aromatic rings. The average molecular weight is 433 g/mol. The number of carbonyl (C=O) groups excluding carboxylic acids is 3.